The maximum absolute atomic E-state index is 8.32. The molecule has 3 rings (SSSR count). The van der Waals surface area contributed by atoms with Gasteiger partial charge >= 0.3 is 0 Å². The summed E-state index contributed by atoms with van der Waals surface area (Å²) in [6.45, 7) is 1.50. The standard InChI is InChI=1S/C15H13N/c1-12-11-16(13-7-3-2-4-8-13)15-10-6-5-9-14(12)15/h2-11H,1H3/i2D,3D,4D,5D,6D,7D,8D,9D,10D,11D. The van der Waals surface area contributed by atoms with E-state index in [9.17, 15) is 0 Å². The summed E-state index contributed by atoms with van der Waals surface area (Å²) in [4.78, 5) is 0. The summed E-state index contributed by atoms with van der Waals surface area (Å²) in [5.41, 5.74) is -0.167. The Morgan fingerprint density at radius 3 is 2.44 bits per heavy atom. The lowest BCUT2D eigenvalue weighted by molar-refractivity contribution is 1.12. The molecule has 0 aliphatic carbocycles. The van der Waals surface area contributed by atoms with Crippen LogP contribution in [0.25, 0.3) is 16.6 Å². The van der Waals surface area contributed by atoms with Crippen LogP contribution in [0.4, 0.5) is 0 Å². The monoisotopic (exact) mass is 217 g/mol. The molecule has 0 bridgehead atoms. The normalized spacial score (nSPS) is 19.6. The van der Waals surface area contributed by atoms with Crippen LogP contribution in [0.15, 0.2) is 60.6 Å². The largest absolute Gasteiger partial charge is 0.316 e. The van der Waals surface area contributed by atoms with Crippen LogP contribution in [-0.2, 0) is 0 Å². The first-order valence-corrected chi connectivity index (χ1v) is 4.67. The quantitative estimate of drug-likeness (QED) is 0.582. The van der Waals surface area contributed by atoms with Crippen LogP contribution < -0.4 is 0 Å². The van der Waals surface area contributed by atoms with E-state index in [-0.39, 0.29) is 34.4 Å². The molecule has 3 aromatic rings. The van der Waals surface area contributed by atoms with E-state index in [1.807, 2.05) is 0 Å². The topological polar surface area (TPSA) is 4.93 Å². The molecule has 0 amide bonds. The van der Waals surface area contributed by atoms with E-state index in [1.54, 1.807) is 0 Å². The van der Waals surface area contributed by atoms with Gasteiger partial charge in [0.1, 0.15) is 0 Å². The molecule has 0 fully saturated rings. The molecule has 1 heterocycles. The van der Waals surface area contributed by atoms with E-state index >= 15 is 0 Å². The Kier molecular flexibility index (Phi) is 0.769. The predicted molar refractivity (Wildman–Crippen MR) is 68.0 cm³/mol. The molecule has 1 nitrogen and oxygen atoms in total. The molecule has 1 heteroatoms. The summed E-state index contributed by atoms with van der Waals surface area (Å²) < 4.78 is 80.8. The third-order valence-electron chi connectivity index (χ3n) is 2.26. The number of aromatic nitrogens is 1. The van der Waals surface area contributed by atoms with Crippen molar-refractivity contribution in [1.82, 2.24) is 4.57 Å². The van der Waals surface area contributed by atoms with E-state index in [4.69, 9.17) is 13.7 Å². The van der Waals surface area contributed by atoms with Gasteiger partial charge in [0.05, 0.1) is 19.2 Å². The van der Waals surface area contributed by atoms with Gasteiger partial charge in [0.2, 0.25) is 0 Å². The number of nitrogens with zero attached hydrogens (tertiary/aromatic N) is 1. The maximum Gasteiger partial charge on any atom is 0.0825 e. The number of benzene rings is 2. The van der Waals surface area contributed by atoms with Crippen molar-refractivity contribution in [2.24, 2.45) is 0 Å². The molecular weight excluding hydrogens is 194 g/mol. The van der Waals surface area contributed by atoms with Crippen molar-refractivity contribution in [3.63, 3.8) is 0 Å². The Labute approximate surface area is 109 Å². The number of rotatable bonds is 1. The van der Waals surface area contributed by atoms with Gasteiger partial charge in [0.15, 0.2) is 0 Å². The Hall–Kier alpha value is -2.02. The van der Waals surface area contributed by atoms with E-state index in [1.165, 1.54) is 6.92 Å². The van der Waals surface area contributed by atoms with E-state index in [2.05, 4.69) is 0 Å². The minimum atomic E-state index is -0.583. The molecule has 0 spiro atoms. The molecule has 0 atom stereocenters. The van der Waals surface area contributed by atoms with Gasteiger partial charge in [0, 0.05) is 17.2 Å². The molecule has 2 aromatic carbocycles. The van der Waals surface area contributed by atoms with E-state index in [0.717, 1.165) is 4.57 Å². The summed E-state index contributed by atoms with van der Waals surface area (Å²) in [5.74, 6) is 0. The van der Waals surface area contributed by atoms with Gasteiger partial charge in [0.25, 0.3) is 0 Å². The Morgan fingerprint density at radius 1 is 0.938 bits per heavy atom. The predicted octanol–water partition coefficient (Wildman–Crippen LogP) is 3.94. The zero-order valence-electron chi connectivity index (χ0n) is 18.4. The van der Waals surface area contributed by atoms with Crippen LogP contribution in [0, 0.1) is 6.92 Å². The Balaban J connectivity index is 2.64. The number of aryl methyl sites for hydroxylation is 1. The molecule has 0 N–H and O–H groups in total. The summed E-state index contributed by atoms with van der Waals surface area (Å²) >= 11 is 0. The lowest BCUT2D eigenvalue weighted by Gasteiger charge is -2.04. The van der Waals surface area contributed by atoms with Crippen LogP contribution in [0.3, 0.4) is 0 Å². The fourth-order valence-electron chi connectivity index (χ4n) is 1.55. The lowest BCUT2D eigenvalue weighted by Crippen LogP contribution is -1.90. The molecule has 16 heavy (non-hydrogen) atoms. The van der Waals surface area contributed by atoms with Gasteiger partial charge in [-0.25, -0.2) is 0 Å². The van der Waals surface area contributed by atoms with Crippen LogP contribution >= 0.6 is 0 Å². The molecule has 0 aliphatic heterocycles. The summed E-state index contributed by atoms with van der Waals surface area (Å²) in [7, 11) is 0. The van der Waals surface area contributed by atoms with Gasteiger partial charge in [-0.2, -0.15) is 0 Å². The molecule has 0 aliphatic rings. The minimum Gasteiger partial charge on any atom is -0.316 e. The SMILES string of the molecule is [2H]c1c([2H])c([2H])c(-n2c([2H])c(C)c3c([2H])c([2H])c([2H])c([2H])c32)c([2H])c1[2H]. The van der Waals surface area contributed by atoms with Crippen LogP contribution in [0.5, 0.6) is 0 Å². The second kappa shape index (κ2) is 3.53. The highest BCUT2D eigenvalue weighted by Gasteiger charge is 2.04. The van der Waals surface area contributed by atoms with Gasteiger partial charge in [-0.05, 0) is 30.6 Å². The van der Waals surface area contributed by atoms with Crippen molar-refractivity contribution in [3.05, 3.63) is 66.1 Å². The number of para-hydroxylation sites is 2. The van der Waals surface area contributed by atoms with Crippen LogP contribution in [-0.4, -0.2) is 4.57 Å². The molecule has 78 valence electrons. The van der Waals surface area contributed by atoms with Crippen molar-refractivity contribution >= 4 is 10.9 Å². The van der Waals surface area contributed by atoms with Crippen molar-refractivity contribution in [2.45, 2.75) is 6.92 Å². The lowest BCUT2D eigenvalue weighted by atomic mass is 10.2. The van der Waals surface area contributed by atoms with E-state index < -0.39 is 48.3 Å². The average molecular weight is 217 g/mol. The fourth-order valence-corrected chi connectivity index (χ4v) is 1.55. The number of hydrogen-bond acceptors (Lipinski definition) is 0. The first-order valence-electron chi connectivity index (χ1n) is 9.67. The number of hydrogen-bond donors (Lipinski definition) is 0. The average Bonchev–Trinajstić information content (AvgIpc) is 2.87. The van der Waals surface area contributed by atoms with Gasteiger partial charge < -0.3 is 4.57 Å². The summed E-state index contributed by atoms with van der Waals surface area (Å²) in [6.07, 6.45) is -0.259. The van der Waals surface area contributed by atoms with Crippen molar-refractivity contribution in [1.29, 1.82) is 0 Å². The smallest absolute Gasteiger partial charge is 0.0825 e. The summed E-state index contributed by atoms with van der Waals surface area (Å²) in [5, 5.41) is 0.0906. The van der Waals surface area contributed by atoms with Gasteiger partial charge in [-0.15, -0.1) is 0 Å². The number of fused-ring (bicyclic) bond motifs is 1. The zero-order chi connectivity index (χ0) is 19.7. The second-order valence-corrected chi connectivity index (χ2v) is 3.27. The minimum absolute atomic E-state index is 0.0861. The van der Waals surface area contributed by atoms with Crippen LogP contribution in [0.2, 0.25) is 0 Å². The third-order valence-corrected chi connectivity index (χ3v) is 2.26. The molecule has 0 radical (unpaired) electrons. The first kappa shape index (κ1) is 3.49. The van der Waals surface area contributed by atoms with E-state index in [0.29, 0.717) is 0 Å². The fraction of sp³-hybridized carbons (Fsp3) is 0.0667. The van der Waals surface area contributed by atoms with Gasteiger partial charge in [-0.1, -0.05) is 36.3 Å². The highest BCUT2D eigenvalue weighted by atomic mass is 15.0. The van der Waals surface area contributed by atoms with Gasteiger partial charge in [-0.3, -0.25) is 0 Å². The van der Waals surface area contributed by atoms with Crippen molar-refractivity contribution in [2.75, 3.05) is 0 Å². The molecule has 0 saturated carbocycles. The molecular formula is C15H13N. The third kappa shape index (κ3) is 1.33. The highest BCUT2D eigenvalue weighted by molar-refractivity contribution is 5.85. The van der Waals surface area contributed by atoms with Crippen molar-refractivity contribution < 1.29 is 13.7 Å². The molecule has 1 aromatic heterocycles. The molecule has 0 saturated heterocycles. The highest BCUT2D eigenvalue weighted by Crippen LogP contribution is 2.23. The summed E-state index contributed by atoms with van der Waals surface area (Å²) in [6, 6.07) is -4.58. The maximum atomic E-state index is 8.32. The zero-order valence-corrected chi connectivity index (χ0v) is 8.45. The Bertz CT molecular complexity index is 1070. The van der Waals surface area contributed by atoms with Crippen LogP contribution in [0.1, 0.15) is 19.3 Å². The molecule has 0 unspecified atom stereocenters. The second-order valence-electron chi connectivity index (χ2n) is 3.27. The Morgan fingerprint density at radius 2 is 1.62 bits per heavy atom. The first-order chi connectivity index (χ1) is 12.0. The van der Waals surface area contributed by atoms with Crippen molar-refractivity contribution in [3.8, 4) is 5.69 Å².